The third-order valence-electron chi connectivity index (χ3n) is 5.22. The molecule has 1 aromatic heterocycles. The lowest BCUT2D eigenvalue weighted by molar-refractivity contribution is -0.384. The van der Waals surface area contributed by atoms with Gasteiger partial charge in [-0.2, -0.15) is 0 Å². The van der Waals surface area contributed by atoms with Gasteiger partial charge in [0.05, 0.1) is 25.0 Å². The average molecular weight is 433 g/mol. The second-order valence-electron chi connectivity index (χ2n) is 6.90. The molecule has 8 nitrogen and oxygen atoms in total. The minimum absolute atomic E-state index is 0.111. The van der Waals surface area contributed by atoms with E-state index in [4.69, 9.17) is 4.98 Å². The van der Waals surface area contributed by atoms with Crippen molar-refractivity contribution in [3.8, 4) is 0 Å². The second kappa shape index (κ2) is 7.69. The summed E-state index contributed by atoms with van der Waals surface area (Å²) in [5, 5.41) is 12.7. The van der Waals surface area contributed by atoms with Gasteiger partial charge in [-0.25, -0.2) is 18.1 Å². The Morgan fingerprint density at radius 1 is 1.21 bits per heavy atom. The van der Waals surface area contributed by atoms with Crippen LogP contribution in [0.2, 0.25) is 0 Å². The Hall–Kier alpha value is -2.56. The number of para-hydroxylation sites is 1. The molecule has 1 aliphatic heterocycles. The van der Waals surface area contributed by atoms with Gasteiger partial charge >= 0.3 is 0 Å². The summed E-state index contributed by atoms with van der Waals surface area (Å²) in [6.45, 7) is 1.30. The van der Waals surface area contributed by atoms with Gasteiger partial charge in [-0.1, -0.05) is 12.1 Å². The molecule has 0 amide bonds. The van der Waals surface area contributed by atoms with Gasteiger partial charge in [-0.15, -0.1) is 11.3 Å². The van der Waals surface area contributed by atoms with Crippen molar-refractivity contribution < 1.29 is 13.3 Å². The largest absolute Gasteiger partial charge is 0.366 e. The SMILES string of the molecule is CNS(=O)(=O)c1ccc(N2CCC(c3nc4ccccc4s3)CC2)c([N+](=O)[O-])c1. The van der Waals surface area contributed by atoms with Crippen LogP contribution in [-0.2, 0) is 10.0 Å². The van der Waals surface area contributed by atoms with Gasteiger partial charge in [0.15, 0.2) is 0 Å². The maximum atomic E-state index is 12.0. The van der Waals surface area contributed by atoms with E-state index in [0.717, 1.165) is 29.4 Å². The van der Waals surface area contributed by atoms with E-state index in [2.05, 4.69) is 10.8 Å². The molecule has 1 aliphatic rings. The fourth-order valence-electron chi connectivity index (χ4n) is 3.63. The number of benzene rings is 2. The molecule has 1 N–H and O–H groups in total. The normalized spacial score (nSPS) is 15.7. The summed E-state index contributed by atoms with van der Waals surface area (Å²) in [7, 11) is -2.46. The summed E-state index contributed by atoms with van der Waals surface area (Å²) in [4.78, 5) is 17.6. The number of hydrogen-bond donors (Lipinski definition) is 1. The molecular formula is C19H20N4O4S2. The summed E-state index contributed by atoms with van der Waals surface area (Å²) in [6.07, 6.45) is 1.68. The number of sulfonamides is 1. The van der Waals surface area contributed by atoms with Gasteiger partial charge in [-0.3, -0.25) is 10.1 Å². The van der Waals surface area contributed by atoms with Crippen LogP contribution in [0.1, 0.15) is 23.8 Å². The standard InChI is InChI=1S/C19H20N4O4S2/c1-20-29(26,27)14-6-7-16(17(12-14)23(24)25)22-10-8-13(9-11-22)19-21-15-4-2-3-5-18(15)28-19/h2-7,12-13,20H,8-11H2,1H3. The van der Waals surface area contributed by atoms with Gasteiger partial charge in [-0.05, 0) is 44.2 Å². The second-order valence-corrected chi connectivity index (χ2v) is 9.85. The zero-order valence-corrected chi connectivity index (χ0v) is 17.4. The Labute approximate surface area is 172 Å². The number of nitrogens with one attached hydrogen (secondary N) is 1. The fraction of sp³-hybridized carbons (Fsp3) is 0.316. The average Bonchev–Trinajstić information content (AvgIpc) is 3.17. The summed E-state index contributed by atoms with van der Waals surface area (Å²) in [5.41, 5.74) is 1.26. The molecule has 0 aliphatic carbocycles. The molecule has 0 spiro atoms. The molecule has 2 heterocycles. The van der Waals surface area contributed by atoms with E-state index in [-0.39, 0.29) is 10.6 Å². The summed E-state index contributed by atoms with van der Waals surface area (Å²) < 4.78 is 27.3. The van der Waals surface area contributed by atoms with Crippen LogP contribution in [0.3, 0.4) is 0 Å². The lowest BCUT2D eigenvalue weighted by Crippen LogP contribution is -2.33. The molecule has 152 valence electrons. The molecule has 0 radical (unpaired) electrons. The maximum Gasteiger partial charge on any atom is 0.293 e. The first-order valence-electron chi connectivity index (χ1n) is 9.21. The van der Waals surface area contributed by atoms with Crippen LogP contribution in [0.4, 0.5) is 11.4 Å². The van der Waals surface area contributed by atoms with E-state index < -0.39 is 14.9 Å². The summed E-state index contributed by atoms with van der Waals surface area (Å²) in [6, 6.07) is 12.1. The molecule has 2 aromatic carbocycles. The van der Waals surface area contributed by atoms with Crippen LogP contribution < -0.4 is 9.62 Å². The highest BCUT2D eigenvalue weighted by atomic mass is 32.2. The number of hydrogen-bond acceptors (Lipinski definition) is 7. The number of rotatable bonds is 5. The molecule has 0 saturated carbocycles. The molecule has 0 atom stereocenters. The van der Waals surface area contributed by atoms with Crippen LogP contribution in [0.25, 0.3) is 10.2 Å². The first kappa shape index (κ1) is 19.7. The van der Waals surface area contributed by atoms with Gasteiger partial charge in [0, 0.05) is 25.1 Å². The number of fused-ring (bicyclic) bond motifs is 1. The van der Waals surface area contributed by atoms with Crippen LogP contribution in [-0.4, -0.2) is 38.5 Å². The van der Waals surface area contributed by atoms with Crippen molar-refractivity contribution in [2.45, 2.75) is 23.7 Å². The molecule has 3 aromatic rings. The zero-order chi connectivity index (χ0) is 20.6. The molecule has 4 rings (SSSR count). The lowest BCUT2D eigenvalue weighted by atomic mass is 9.97. The number of aromatic nitrogens is 1. The van der Waals surface area contributed by atoms with Crippen LogP contribution in [0.5, 0.6) is 0 Å². The molecule has 0 bridgehead atoms. The monoisotopic (exact) mass is 432 g/mol. The smallest absolute Gasteiger partial charge is 0.293 e. The lowest BCUT2D eigenvalue weighted by Gasteiger charge is -2.32. The topological polar surface area (TPSA) is 105 Å². The van der Waals surface area contributed by atoms with Gasteiger partial charge < -0.3 is 4.90 Å². The predicted molar refractivity (Wildman–Crippen MR) is 113 cm³/mol. The Bertz CT molecular complexity index is 1130. The molecule has 1 saturated heterocycles. The van der Waals surface area contributed by atoms with Crippen molar-refractivity contribution in [1.29, 1.82) is 0 Å². The fourth-order valence-corrected chi connectivity index (χ4v) is 5.52. The molecule has 29 heavy (non-hydrogen) atoms. The minimum Gasteiger partial charge on any atom is -0.366 e. The van der Waals surface area contributed by atoms with Crippen molar-refractivity contribution in [3.05, 3.63) is 57.6 Å². The number of nitro groups is 1. The molecule has 10 heteroatoms. The Balaban J connectivity index is 1.55. The van der Waals surface area contributed by atoms with Gasteiger partial charge in [0.2, 0.25) is 10.0 Å². The van der Waals surface area contributed by atoms with E-state index in [9.17, 15) is 18.5 Å². The Morgan fingerprint density at radius 3 is 2.59 bits per heavy atom. The predicted octanol–water partition coefficient (Wildman–Crippen LogP) is 3.50. The quantitative estimate of drug-likeness (QED) is 0.489. The minimum atomic E-state index is -3.74. The van der Waals surface area contributed by atoms with Crippen molar-refractivity contribution in [2.24, 2.45) is 0 Å². The van der Waals surface area contributed by atoms with E-state index >= 15 is 0 Å². The first-order valence-corrected chi connectivity index (χ1v) is 11.5. The number of anilines is 1. The molecular weight excluding hydrogens is 412 g/mol. The highest BCUT2D eigenvalue weighted by molar-refractivity contribution is 7.89. The molecule has 0 unspecified atom stereocenters. The summed E-state index contributed by atoms with van der Waals surface area (Å²) in [5.74, 6) is 0.326. The number of nitrogens with zero attached hydrogens (tertiary/aromatic N) is 3. The van der Waals surface area contributed by atoms with E-state index in [1.807, 2.05) is 23.1 Å². The van der Waals surface area contributed by atoms with Crippen molar-refractivity contribution in [2.75, 3.05) is 25.0 Å². The van der Waals surface area contributed by atoms with Crippen molar-refractivity contribution in [1.82, 2.24) is 9.71 Å². The van der Waals surface area contributed by atoms with E-state index in [1.54, 1.807) is 11.3 Å². The van der Waals surface area contributed by atoms with Crippen molar-refractivity contribution >= 4 is 43.0 Å². The highest BCUT2D eigenvalue weighted by Gasteiger charge is 2.28. The number of nitro benzene ring substituents is 1. The van der Waals surface area contributed by atoms with Gasteiger partial charge in [0.1, 0.15) is 5.69 Å². The number of piperidine rings is 1. The van der Waals surface area contributed by atoms with Crippen LogP contribution in [0, 0.1) is 10.1 Å². The van der Waals surface area contributed by atoms with Crippen molar-refractivity contribution in [3.63, 3.8) is 0 Å². The summed E-state index contributed by atoms with van der Waals surface area (Å²) >= 11 is 1.70. The number of thiazole rings is 1. The third-order valence-corrected chi connectivity index (χ3v) is 7.83. The highest BCUT2D eigenvalue weighted by Crippen LogP contribution is 2.38. The van der Waals surface area contributed by atoms with E-state index in [0.29, 0.717) is 24.7 Å². The van der Waals surface area contributed by atoms with E-state index in [1.165, 1.54) is 23.9 Å². The maximum absolute atomic E-state index is 12.0. The van der Waals surface area contributed by atoms with Gasteiger partial charge in [0.25, 0.3) is 5.69 Å². The van der Waals surface area contributed by atoms with Crippen LogP contribution in [0.15, 0.2) is 47.4 Å². The third kappa shape index (κ3) is 3.83. The zero-order valence-electron chi connectivity index (χ0n) is 15.7. The molecule has 1 fully saturated rings. The Kier molecular flexibility index (Phi) is 5.24. The Morgan fingerprint density at radius 2 is 1.93 bits per heavy atom. The van der Waals surface area contributed by atoms with Crippen LogP contribution >= 0.6 is 11.3 Å². The first-order chi connectivity index (χ1) is 13.9.